The Morgan fingerprint density at radius 3 is 2.40 bits per heavy atom. The summed E-state index contributed by atoms with van der Waals surface area (Å²) in [5, 5.41) is 0. The first-order valence-corrected chi connectivity index (χ1v) is 5.38. The van der Waals surface area contributed by atoms with E-state index < -0.39 is 0 Å². The number of benzene rings is 1. The molecule has 0 spiro atoms. The van der Waals surface area contributed by atoms with Crippen molar-refractivity contribution in [2.45, 2.75) is 33.8 Å². The van der Waals surface area contributed by atoms with Crippen molar-refractivity contribution in [3.63, 3.8) is 0 Å². The smallest absolute Gasteiger partial charge is 0.123 e. The maximum Gasteiger partial charge on any atom is 0.123 e. The van der Waals surface area contributed by atoms with Crippen LogP contribution in [0.4, 0.5) is 0 Å². The van der Waals surface area contributed by atoms with Gasteiger partial charge in [-0.1, -0.05) is 13.8 Å². The Balaban J connectivity index is 2.57. The number of hydrogen-bond acceptors (Lipinski definition) is 2. The van der Waals surface area contributed by atoms with Gasteiger partial charge < -0.3 is 9.47 Å². The first-order valence-electron chi connectivity index (χ1n) is 5.38. The summed E-state index contributed by atoms with van der Waals surface area (Å²) < 4.78 is 11.1. The van der Waals surface area contributed by atoms with Gasteiger partial charge in [0.1, 0.15) is 11.5 Å². The molecule has 0 aromatic heterocycles. The van der Waals surface area contributed by atoms with Gasteiger partial charge in [-0.2, -0.15) is 0 Å². The molecule has 2 heteroatoms. The van der Waals surface area contributed by atoms with Gasteiger partial charge in [-0.15, -0.1) is 0 Å². The molecule has 15 heavy (non-hydrogen) atoms. The van der Waals surface area contributed by atoms with Gasteiger partial charge in [0.25, 0.3) is 0 Å². The molecule has 0 N–H and O–H groups in total. The van der Waals surface area contributed by atoms with E-state index in [2.05, 4.69) is 19.9 Å². The predicted octanol–water partition coefficient (Wildman–Crippen LogP) is 3.31. The van der Waals surface area contributed by atoms with Crippen LogP contribution in [0.25, 0.3) is 0 Å². The van der Waals surface area contributed by atoms with Crippen LogP contribution in [0.3, 0.4) is 0 Å². The summed E-state index contributed by atoms with van der Waals surface area (Å²) >= 11 is 0. The van der Waals surface area contributed by atoms with Crippen LogP contribution in [-0.4, -0.2) is 12.7 Å². The summed E-state index contributed by atoms with van der Waals surface area (Å²) in [7, 11) is 0. The zero-order valence-corrected chi connectivity index (χ0v) is 9.91. The molecule has 0 heterocycles. The molecule has 0 atom stereocenters. The van der Waals surface area contributed by atoms with Gasteiger partial charge >= 0.3 is 0 Å². The molecule has 1 radical (unpaired) electrons. The minimum atomic E-state index is 0.179. The van der Waals surface area contributed by atoms with Crippen molar-refractivity contribution in [1.29, 1.82) is 0 Å². The van der Waals surface area contributed by atoms with Crippen molar-refractivity contribution in [3.8, 4) is 11.5 Å². The molecule has 0 aliphatic carbocycles. The second-order valence-electron chi connectivity index (χ2n) is 4.28. The third-order valence-electron chi connectivity index (χ3n) is 1.69. The van der Waals surface area contributed by atoms with Crippen LogP contribution in [0.15, 0.2) is 18.2 Å². The van der Waals surface area contributed by atoms with E-state index in [1.54, 1.807) is 0 Å². The molecule has 0 aliphatic rings. The molecule has 1 rings (SSSR count). The van der Waals surface area contributed by atoms with Crippen molar-refractivity contribution >= 4 is 0 Å². The van der Waals surface area contributed by atoms with E-state index >= 15 is 0 Å². The zero-order chi connectivity index (χ0) is 11.3. The standard InChI is InChI=1S/C13H19O2/c1-10(2)9-14-12-6-5-7-13(8-12)15-11(3)4/h6-8,10-11H,9H2,1-4H3. The average Bonchev–Trinajstić information content (AvgIpc) is 2.14. The highest BCUT2D eigenvalue weighted by atomic mass is 16.5. The van der Waals surface area contributed by atoms with Gasteiger partial charge in [0.2, 0.25) is 0 Å². The second-order valence-corrected chi connectivity index (χ2v) is 4.28. The summed E-state index contributed by atoms with van der Waals surface area (Å²) in [6, 6.07) is 8.56. The highest BCUT2D eigenvalue weighted by molar-refractivity contribution is 5.32. The van der Waals surface area contributed by atoms with E-state index in [-0.39, 0.29) is 6.10 Å². The van der Waals surface area contributed by atoms with Crippen molar-refractivity contribution in [2.75, 3.05) is 6.61 Å². The Labute approximate surface area is 92.2 Å². The molecule has 0 saturated carbocycles. The molecule has 1 aromatic carbocycles. The molecule has 0 aliphatic heterocycles. The van der Waals surface area contributed by atoms with E-state index in [0.717, 1.165) is 18.1 Å². The number of rotatable bonds is 5. The summed E-state index contributed by atoms with van der Waals surface area (Å²) in [4.78, 5) is 0. The number of hydrogen-bond donors (Lipinski definition) is 0. The third-order valence-corrected chi connectivity index (χ3v) is 1.69. The highest BCUT2D eigenvalue weighted by Crippen LogP contribution is 2.20. The van der Waals surface area contributed by atoms with E-state index in [4.69, 9.17) is 9.47 Å². The van der Waals surface area contributed by atoms with E-state index in [9.17, 15) is 0 Å². The topological polar surface area (TPSA) is 18.5 Å². The lowest BCUT2D eigenvalue weighted by Crippen LogP contribution is -2.07. The minimum Gasteiger partial charge on any atom is -0.493 e. The predicted molar refractivity (Wildman–Crippen MR) is 61.4 cm³/mol. The minimum absolute atomic E-state index is 0.179. The van der Waals surface area contributed by atoms with Gasteiger partial charge in [0.05, 0.1) is 12.7 Å². The van der Waals surface area contributed by atoms with Crippen LogP contribution in [-0.2, 0) is 0 Å². The number of ether oxygens (including phenoxy) is 2. The van der Waals surface area contributed by atoms with Gasteiger partial charge in [-0.3, -0.25) is 0 Å². The SMILES string of the molecule is CC(C)COc1c[c]cc(OC(C)C)c1. The van der Waals surface area contributed by atoms with Crippen LogP contribution in [0.1, 0.15) is 27.7 Å². The molecule has 1 aromatic rings. The van der Waals surface area contributed by atoms with Crippen molar-refractivity contribution in [2.24, 2.45) is 5.92 Å². The Morgan fingerprint density at radius 1 is 1.13 bits per heavy atom. The molecule has 0 fully saturated rings. The summed E-state index contributed by atoms with van der Waals surface area (Å²) in [6.07, 6.45) is 0.179. The van der Waals surface area contributed by atoms with Crippen molar-refractivity contribution < 1.29 is 9.47 Å². The molecule has 0 bridgehead atoms. The van der Waals surface area contributed by atoms with Gasteiger partial charge in [0.15, 0.2) is 0 Å². The maximum atomic E-state index is 5.58. The first kappa shape index (κ1) is 11.9. The fourth-order valence-electron chi connectivity index (χ4n) is 1.12. The maximum absolute atomic E-state index is 5.58. The molecular formula is C13H19O2. The van der Waals surface area contributed by atoms with Crippen LogP contribution >= 0.6 is 0 Å². The molecule has 0 amide bonds. The lowest BCUT2D eigenvalue weighted by atomic mass is 10.2. The van der Waals surface area contributed by atoms with Crippen LogP contribution in [0.5, 0.6) is 11.5 Å². The van der Waals surface area contributed by atoms with Crippen molar-refractivity contribution in [1.82, 2.24) is 0 Å². The summed E-state index contributed by atoms with van der Waals surface area (Å²) in [5.41, 5.74) is 0. The fraction of sp³-hybridized carbons (Fsp3) is 0.538. The van der Waals surface area contributed by atoms with Crippen LogP contribution in [0, 0.1) is 12.0 Å². The Bertz CT molecular complexity index is 292. The Morgan fingerprint density at radius 2 is 1.80 bits per heavy atom. The van der Waals surface area contributed by atoms with E-state index in [1.807, 2.05) is 32.0 Å². The van der Waals surface area contributed by atoms with Gasteiger partial charge in [-0.25, -0.2) is 0 Å². The van der Waals surface area contributed by atoms with Gasteiger partial charge in [-0.05, 0) is 38.0 Å². The van der Waals surface area contributed by atoms with Crippen molar-refractivity contribution in [3.05, 3.63) is 24.3 Å². The lowest BCUT2D eigenvalue weighted by Gasteiger charge is -2.12. The molecule has 0 saturated heterocycles. The Kier molecular flexibility index (Phi) is 4.47. The quantitative estimate of drug-likeness (QED) is 0.737. The van der Waals surface area contributed by atoms with E-state index in [0.29, 0.717) is 5.92 Å². The highest BCUT2D eigenvalue weighted by Gasteiger charge is 2.01. The van der Waals surface area contributed by atoms with Gasteiger partial charge in [0, 0.05) is 6.07 Å². The third kappa shape index (κ3) is 4.73. The zero-order valence-electron chi connectivity index (χ0n) is 9.91. The largest absolute Gasteiger partial charge is 0.493 e. The Hall–Kier alpha value is -1.18. The second kappa shape index (κ2) is 5.64. The summed E-state index contributed by atoms with van der Waals surface area (Å²) in [6.45, 7) is 8.97. The fourth-order valence-corrected chi connectivity index (χ4v) is 1.12. The molecule has 0 unspecified atom stereocenters. The normalized spacial score (nSPS) is 10.8. The lowest BCUT2D eigenvalue weighted by molar-refractivity contribution is 0.237. The van der Waals surface area contributed by atoms with Crippen LogP contribution in [0.2, 0.25) is 0 Å². The molecule has 83 valence electrons. The van der Waals surface area contributed by atoms with Crippen LogP contribution < -0.4 is 9.47 Å². The summed E-state index contributed by atoms with van der Waals surface area (Å²) in [5.74, 6) is 2.16. The molecule has 2 nitrogen and oxygen atoms in total. The van der Waals surface area contributed by atoms with E-state index in [1.165, 1.54) is 0 Å². The monoisotopic (exact) mass is 207 g/mol. The first-order chi connectivity index (χ1) is 7.08. The average molecular weight is 207 g/mol. The molecular weight excluding hydrogens is 188 g/mol.